The lowest BCUT2D eigenvalue weighted by atomic mass is 9.99. The number of carbonyl (C=O) groups is 1. The van der Waals surface area contributed by atoms with Gasteiger partial charge in [-0.15, -0.1) is 11.3 Å². The summed E-state index contributed by atoms with van der Waals surface area (Å²) in [5, 5.41) is 14.8. The first-order valence-electron chi connectivity index (χ1n) is 9.65. The number of carboxylic acid groups (broad SMARTS) is 1. The molecule has 0 saturated carbocycles. The molecule has 0 atom stereocenters. The predicted octanol–water partition coefficient (Wildman–Crippen LogP) is 6.55. The van der Waals surface area contributed by atoms with E-state index < -0.39 is 5.97 Å². The maximum atomic E-state index is 11.7. The second-order valence-corrected chi connectivity index (χ2v) is 8.49. The van der Waals surface area contributed by atoms with E-state index in [4.69, 9.17) is 20.9 Å². The quantitative estimate of drug-likeness (QED) is 0.308. The first-order valence-corrected chi connectivity index (χ1v) is 10.8. The van der Waals surface area contributed by atoms with Crippen LogP contribution in [0.25, 0.3) is 32.7 Å². The van der Waals surface area contributed by atoms with Gasteiger partial charge in [-0.25, -0.2) is 9.78 Å². The molecular weight excluding hydrogens is 448 g/mol. The van der Waals surface area contributed by atoms with Crippen molar-refractivity contribution in [2.24, 2.45) is 0 Å². The number of halogens is 1. The van der Waals surface area contributed by atoms with Crippen LogP contribution < -0.4 is 4.74 Å². The van der Waals surface area contributed by atoms with Crippen LogP contribution in [-0.4, -0.2) is 21.2 Å². The van der Waals surface area contributed by atoms with Gasteiger partial charge in [0, 0.05) is 10.6 Å². The molecule has 5 aromatic rings. The number of fused-ring (bicyclic) bond motifs is 1. The van der Waals surface area contributed by atoms with Crippen LogP contribution in [0.15, 0.2) is 77.3 Å². The third-order valence-electron chi connectivity index (χ3n) is 4.84. The fraction of sp³-hybridized carbons (Fsp3) is 0.0417. The molecule has 0 amide bonds. The Balaban J connectivity index is 1.40. The molecule has 2 heterocycles. The number of nitrogens with zero attached hydrogens (tertiary/aromatic N) is 2. The zero-order valence-corrected chi connectivity index (χ0v) is 18.1. The largest absolute Gasteiger partial charge is 0.486 e. The topological polar surface area (TPSA) is 85.5 Å². The Hall–Kier alpha value is -3.68. The zero-order chi connectivity index (χ0) is 22.1. The summed E-state index contributed by atoms with van der Waals surface area (Å²) >= 11 is 7.57. The van der Waals surface area contributed by atoms with Crippen molar-refractivity contribution in [3.8, 4) is 28.2 Å². The zero-order valence-electron chi connectivity index (χ0n) is 16.5. The lowest BCUT2D eigenvalue weighted by Gasteiger charge is -2.06. The van der Waals surface area contributed by atoms with Gasteiger partial charge in [-0.1, -0.05) is 41.0 Å². The molecule has 0 fully saturated rings. The highest BCUT2D eigenvalue weighted by Crippen LogP contribution is 2.36. The van der Waals surface area contributed by atoms with Crippen molar-refractivity contribution in [2.45, 2.75) is 6.61 Å². The molecule has 0 spiro atoms. The summed E-state index contributed by atoms with van der Waals surface area (Å²) in [6.07, 6.45) is 0. The van der Waals surface area contributed by atoms with Crippen molar-refractivity contribution in [2.75, 3.05) is 0 Å². The summed E-state index contributed by atoms with van der Waals surface area (Å²) in [7, 11) is 0. The van der Waals surface area contributed by atoms with Crippen LogP contribution in [0.2, 0.25) is 5.02 Å². The van der Waals surface area contributed by atoms with Gasteiger partial charge in [-0.05, 0) is 54.1 Å². The Labute approximate surface area is 191 Å². The summed E-state index contributed by atoms with van der Waals surface area (Å²) < 4.78 is 12.4. The molecule has 0 saturated heterocycles. The Morgan fingerprint density at radius 3 is 2.44 bits per heavy atom. The third-order valence-corrected chi connectivity index (χ3v) is 6.11. The highest BCUT2D eigenvalue weighted by molar-refractivity contribution is 7.18. The maximum Gasteiger partial charge on any atom is 0.358 e. The highest BCUT2D eigenvalue weighted by atomic mass is 35.5. The molecular formula is C24H15ClN2O4S. The van der Waals surface area contributed by atoms with Gasteiger partial charge in [-0.2, -0.15) is 0 Å². The van der Waals surface area contributed by atoms with E-state index in [-0.39, 0.29) is 5.69 Å². The maximum absolute atomic E-state index is 11.7. The minimum atomic E-state index is -1.17. The van der Waals surface area contributed by atoms with Crippen LogP contribution >= 0.6 is 22.9 Å². The van der Waals surface area contributed by atoms with Crippen molar-refractivity contribution in [3.63, 3.8) is 0 Å². The number of hydrogen-bond donors (Lipinski definition) is 1. The van der Waals surface area contributed by atoms with Crippen molar-refractivity contribution < 1.29 is 19.2 Å². The van der Waals surface area contributed by atoms with Gasteiger partial charge < -0.3 is 14.4 Å². The van der Waals surface area contributed by atoms with Gasteiger partial charge in [0.2, 0.25) is 0 Å². The molecule has 0 aliphatic carbocycles. The SMILES string of the molecule is O=C(O)c1noc(-c2ccc(OCc3nc4ccccc4s3)cc2)c1-c1ccc(Cl)cc1. The Morgan fingerprint density at radius 2 is 1.72 bits per heavy atom. The molecule has 0 unspecified atom stereocenters. The van der Waals surface area contributed by atoms with E-state index in [1.807, 2.05) is 24.3 Å². The summed E-state index contributed by atoms with van der Waals surface area (Å²) in [6, 6.07) is 22.0. The van der Waals surface area contributed by atoms with Crippen LogP contribution in [0.1, 0.15) is 15.5 Å². The second kappa shape index (κ2) is 8.45. The lowest BCUT2D eigenvalue weighted by molar-refractivity contribution is 0.0686. The fourth-order valence-electron chi connectivity index (χ4n) is 3.35. The molecule has 0 radical (unpaired) electrons. The number of aromatic nitrogens is 2. The van der Waals surface area contributed by atoms with E-state index in [9.17, 15) is 9.90 Å². The molecule has 0 aliphatic heterocycles. The van der Waals surface area contributed by atoms with E-state index in [0.29, 0.717) is 39.8 Å². The number of benzene rings is 3. The summed E-state index contributed by atoms with van der Waals surface area (Å²) in [6.45, 7) is 0.361. The average molecular weight is 463 g/mol. The molecule has 0 aliphatic rings. The second-order valence-electron chi connectivity index (χ2n) is 6.94. The van der Waals surface area contributed by atoms with Crippen LogP contribution in [0.5, 0.6) is 5.75 Å². The normalized spacial score (nSPS) is 11.0. The van der Waals surface area contributed by atoms with Crippen molar-refractivity contribution in [1.29, 1.82) is 0 Å². The Morgan fingerprint density at radius 1 is 1.00 bits per heavy atom. The number of ether oxygens (including phenoxy) is 1. The third kappa shape index (κ3) is 3.95. The van der Waals surface area contributed by atoms with Crippen LogP contribution in [-0.2, 0) is 6.61 Å². The summed E-state index contributed by atoms with van der Waals surface area (Å²) in [5.41, 5.74) is 2.54. The number of hydrogen-bond acceptors (Lipinski definition) is 6. The van der Waals surface area contributed by atoms with Crippen molar-refractivity contribution >= 4 is 39.1 Å². The molecule has 5 rings (SSSR count). The molecule has 8 heteroatoms. The van der Waals surface area contributed by atoms with E-state index in [1.165, 1.54) is 0 Å². The monoisotopic (exact) mass is 462 g/mol. The smallest absolute Gasteiger partial charge is 0.358 e. The minimum Gasteiger partial charge on any atom is -0.486 e. The van der Waals surface area contributed by atoms with Crippen LogP contribution in [0.3, 0.4) is 0 Å². The first kappa shape index (κ1) is 20.2. The minimum absolute atomic E-state index is 0.154. The molecule has 32 heavy (non-hydrogen) atoms. The van der Waals surface area contributed by atoms with Crippen LogP contribution in [0, 0.1) is 0 Å². The van der Waals surface area contributed by atoms with Gasteiger partial charge in [0.15, 0.2) is 11.5 Å². The molecule has 6 nitrogen and oxygen atoms in total. The van der Waals surface area contributed by atoms with Gasteiger partial charge in [-0.3, -0.25) is 0 Å². The molecule has 1 N–H and O–H groups in total. The first-order chi connectivity index (χ1) is 15.6. The van der Waals surface area contributed by atoms with Crippen molar-refractivity contribution in [1.82, 2.24) is 10.1 Å². The number of thiazole rings is 1. The number of carboxylic acids is 1. The van der Waals surface area contributed by atoms with E-state index in [1.54, 1.807) is 59.9 Å². The van der Waals surface area contributed by atoms with Gasteiger partial charge in [0.05, 0.1) is 15.8 Å². The van der Waals surface area contributed by atoms with E-state index in [0.717, 1.165) is 15.2 Å². The van der Waals surface area contributed by atoms with E-state index >= 15 is 0 Å². The summed E-state index contributed by atoms with van der Waals surface area (Å²) in [5.74, 6) is -0.137. The molecule has 2 aromatic heterocycles. The number of para-hydroxylation sites is 1. The Kier molecular flexibility index (Phi) is 5.34. The van der Waals surface area contributed by atoms with Gasteiger partial charge in [0.25, 0.3) is 0 Å². The lowest BCUT2D eigenvalue weighted by Crippen LogP contribution is -1.99. The summed E-state index contributed by atoms with van der Waals surface area (Å²) in [4.78, 5) is 16.2. The van der Waals surface area contributed by atoms with Gasteiger partial charge in [0.1, 0.15) is 17.4 Å². The van der Waals surface area contributed by atoms with Gasteiger partial charge >= 0.3 is 5.97 Å². The Bertz CT molecular complexity index is 1380. The molecule has 3 aromatic carbocycles. The van der Waals surface area contributed by atoms with Crippen molar-refractivity contribution in [3.05, 3.63) is 88.5 Å². The number of aromatic carboxylic acids is 1. The van der Waals surface area contributed by atoms with E-state index in [2.05, 4.69) is 10.1 Å². The fourth-order valence-corrected chi connectivity index (χ4v) is 4.35. The van der Waals surface area contributed by atoms with Crippen LogP contribution in [0.4, 0.5) is 0 Å². The number of rotatable bonds is 6. The molecule has 0 bridgehead atoms. The highest BCUT2D eigenvalue weighted by Gasteiger charge is 2.24. The standard InChI is InChI=1S/C24H15ClN2O4S/c25-16-9-5-14(6-10-16)21-22(24(28)29)27-31-23(21)15-7-11-17(12-8-15)30-13-20-26-18-3-1-2-4-19(18)32-20/h1-12H,13H2,(H,28,29). The average Bonchev–Trinajstić information content (AvgIpc) is 3.43. The predicted molar refractivity (Wildman–Crippen MR) is 123 cm³/mol. The molecule has 158 valence electrons.